The van der Waals surface area contributed by atoms with Gasteiger partial charge in [0.05, 0.1) is 0 Å². The summed E-state index contributed by atoms with van der Waals surface area (Å²) in [5.41, 5.74) is 1.63. The number of hydrogen-bond donors (Lipinski definition) is 5. The predicted octanol–water partition coefficient (Wildman–Crippen LogP) is 2.32. The van der Waals surface area contributed by atoms with Gasteiger partial charge in [-0.25, -0.2) is 0 Å². The van der Waals surface area contributed by atoms with Crippen molar-refractivity contribution in [1.82, 2.24) is 0 Å². The van der Waals surface area contributed by atoms with E-state index in [0.29, 0.717) is 5.56 Å². The minimum Gasteiger partial charge on any atom is -0.508 e. The van der Waals surface area contributed by atoms with Crippen molar-refractivity contribution in [3.8, 4) is 17.2 Å². The Morgan fingerprint density at radius 3 is 1.55 bits per heavy atom. The molecule has 0 aliphatic rings. The van der Waals surface area contributed by atoms with Crippen LogP contribution in [0.2, 0.25) is 0 Å². The topological polar surface area (TPSA) is 135 Å². The lowest BCUT2D eigenvalue weighted by Gasteiger charge is -1.98. The summed E-state index contributed by atoms with van der Waals surface area (Å²) in [5, 5.41) is 27.7. The van der Waals surface area contributed by atoms with Gasteiger partial charge in [0, 0.05) is 6.07 Å². The molecule has 0 amide bonds. The molecule has 8 heteroatoms. The average molecular weight is 326 g/mol. The quantitative estimate of drug-likeness (QED) is 0.422. The molecule has 0 fully saturated rings. The van der Waals surface area contributed by atoms with Gasteiger partial charge in [-0.05, 0) is 35.4 Å². The van der Waals surface area contributed by atoms with Crippen LogP contribution in [0.5, 0.6) is 17.2 Å². The van der Waals surface area contributed by atoms with Gasteiger partial charge in [0.15, 0.2) is 0 Å². The van der Waals surface area contributed by atoms with Gasteiger partial charge in [-0.2, -0.15) is 8.42 Å². The molecular formula is C14H14O7S. The summed E-state index contributed by atoms with van der Waals surface area (Å²) in [6.07, 6.45) is 3.60. The number of phenols is 3. The molecule has 2 aromatic rings. The first-order chi connectivity index (χ1) is 10.1. The van der Waals surface area contributed by atoms with E-state index in [1.807, 2.05) is 6.08 Å². The van der Waals surface area contributed by atoms with Crippen LogP contribution in [0.3, 0.4) is 0 Å². The molecule has 0 unspecified atom stereocenters. The van der Waals surface area contributed by atoms with Crippen LogP contribution in [-0.4, -0.2) is 32.8 Å². The van der Waals surface area contributed by atoms with Crippen molar-refractivity contribution in [3.05, 3.63) is 53.6 Å². The molecule has 0 atom stereocenters. The number of phenolic OH excluding ortho intramolecular Hbond substituents is 3. The third-order valence-electron chi connectivity index (χ3n) is 2.29. The van der Waals surface area contributed by atoms with Crippen LogP contribution >= 0.6 is 0 Å². The Morgan fingerprint density at radius 2 is 1.09 bits per heavy atom. The van der Waals surface area contributed by atoms with E-state index in [-0.39, 0.29) is 17.2 Å². The first-order valence-electron chi connectivity index (χ1n) is 5.83. The van der Waals surface area contributed by atoms with Crippen LogP contribution < -0.4 is 0 Å². The van der Waals surface area contributed by atoms with Crippen molar-refractivity contribution in [3.63, 3.8) is 0 Å². The van der Waals surface area contributed by atoms with Crippen LogP contribution in [0.15, 0.2) is 42.5 Å². The van der Waals surface area contributed by atoms with E-state index in [1.165, 1.54) is 6.07 Å². The minimum absolute atomic E-state index is 0.0235. The molecule has 22 heavy (non-hydrogen) atoms. The van der Waals surface area contributed by atoms with Gasteiger partial charge in [-0.1, -0.05) is 24.3 Å². The molecular weight excluding hydrogens is 312 g/mol. The van der Waals surface area contributed by atoms with Crippen molar-refractivity contribution in [2.45, 2.75) is 0 Å². The van der Waals surface area contributed by atoms with Crippen LogP contribution in [0.25, 0.3) is 12.2 Å². The van der Waals surface area contributed by atoms with Crippen molar-refractivity contribution in [2.75, 3.05) is 0 Å². The number of rotatable bonds is 2. The highest BCUT2D eigenvalue weighted by Crippen LogP contribution is 2.22. The van der Waals surface area contributed by atoms with E-state index in [0.717, 1.165) is 5.56 Å². The molecule has 0 radical (unpaired) electrons. The van der Waals surface area contributed by atoms with E-state index >= 15 is 0 Å². The zero-order valence-electron chi connectivity index (χ0n) is 11.2. The Hall–Kier alpha value is -2.55. The Kier molecular flexibility index (Phi) is 5.93. The van der Waals surface area contributed by atoms with Crippen molar-refractivity contribution in [1.29, 1.82) is 0 Å². The number of hydrogen-bond acceptors (Lipinski definition) is 5. The summed E-state index contributed by atoms with van der Waals surface area (Å²) >= 11 is 0. The minimum atomic E-state index is -4.67. The maximum absolute atomic E-state index is 9.30. The molecule has 0 aromatic heterocycles. The highest BCUT2D eigenvalue weighted by atomic mass is 32.3. The number of benzene rings is 2. The summed E-state index contributed by atoms with van der Waals surface area (Å²) in [6, 6.07) is 11.1. The van der Waals surface area contributed by atoms with Gasteiger partial charge in [0.25, 0.3) is 0 Å². The molecule has 0 saturated carbocycles. The molecule has 2 aromatic carbocycles. The highest BCUT2D eigenvalue weighted by Gasteiger charge is 1.95. The van der Waals surface area contributed by atoms with Crippen molar-refractivity contribution in [2.24, 2.45) is 0 Å². The maximum Gasteiger partial charge on any atom is 0.394 e. The van der Waals surface area contributed by atoms with Gasteiger partial charge in [-0.15, -0.1) is 0 Å². The Bertz CT molecular complexity index is 721. The largest absolute Gasteiger partial charge is 0.508 e. The fourth-order valence-corrected chi connectivity index (χ4v) is 1.49. The molecule has 0 aliphatic heterocycles. The SMILES string of the molecule is O=S(=O)(O)O.Oc1ccc(/C=C/c2cc(O)cc(O)c2)cc1. The summed E-state index contributed by atoms with van der Waals surface area (Å²) in [4.78, 5) is 0. The molecule has 5 N–H and O–H groups in total. The van der Waals surface area contributed by atoms with Gasteiger partial charge in [-0.3, -0.25) is 9.11 Å². The summed E-state index contributed by atoms with van der Waals surface area (Å²) in [5.74, 6) is 0.267. The Morgan fingerprint density at radius 1 is 0.682 bits per heavy atom. The first-order valence-corrected chi connectivity index (χ1v) is 7.23. The van der Waals surface area contributed by atoms with Crippen molar-refractivity contribution < 1.29 is 32.8 Å². The molecule has 0 heterocycles. The van der Waals surface area contributed by atoms with Gasteiger partial charge in [0.1, 0.15) is 17.2 Å². The van der Waals surface area contributed by atoms with E-state index < -0.39 is 10.4 Å². The molecule has 0 aliphatic carbocycles. The third-order valence-corrected chi connectivity index (χ3v) is 2.29. The van der Waals surface area contributed by atoms with Crippen LogP contribution in [0.1, 0.15) is 11.1 Å². The van der Waals surface area contributed by atoms with E-state index in [1.54, 1.807) is 42.5 Å². The fourth-order valence-electron chi connectivity index (χ4n) is 1.49. The molecule has 7 nitrogen and oxygen atoms in total. The summed E-state index contributed by atoms with van der Waals surface area (Å²) in [6.45, 7) is 0. The van der Waals surface area contributed by atoms with E-state index in [2.05, 4.69) is 0 Å². The molecule has 2 rings (SSSR count). The lowest BCUT2D eigenvalue weighted by molar-refractivity contribution is 0.381. The standard InChI is InChI=1S/C14H12O3.H2O4S/c15-12-5-3-10(4-6-12)1-2-11-7-13(16)9-14(17)8-11;1-5(2,3)4/h1-9,15-17H;(H2,1,2,3,4)/b2-1+;. The third kappa shape index (κ3) is 7.90. The molecule has 0 spiro atoms. The monoisotopic (exact) mass is 326 g/mol. The highest BCUT2D eigenvalue weighted by molar-refractivity contribution is 7.79. The smallest absolute Gasteiger partial charge is 0.394 e. The van der Waals surface area contributed by atoms with Gasteiger partial charge in [0.2, 0.25) is 0 Å². The lowest BCUT2D eigenvalue weighted by atomic mass is 10.1. The second-order valence-electron chi connectivity index (χ2n) is 4.16. The van der Waals surface area contributed by atoms with Crippen LogP contribution in [0, 0.1) is 0 Å². The predicted molar refractivity (Wildman–Crippen MR) is 81.0 cm³/mol. The first kappa shape index (κ1) is 17.5. The van der Waals surface area contributed by atoms with Crippen LogP contribution in [-0.2, 0) is 10.4 Å². The average Bonchev–Trinajstić information content (AvgIpc) is 2.35. The summed E-state index contributed by atoms with van der Waals surface area (Å²) in [7, 11) is -4.67. The second-order valence-corrected chi connectivity index (χ2v) is 5.05. The van der Waals surface area contributed by atoms with Crippen LogP contribution in [0.4, 0.5) is 0 Å². The van der Waals surface area contributed by atoms with Gasteiger partial charge >= 0.3 is 10.4 Å². The van der Waals surface area contributed by atoms with Crippen molar-refractivity contribution >= 4 is 22.6 Å². The Balaban J connectivity index is 0.000000422. The van der Waals surface area contributed by atoms with E-state index in [4.69, 9.17) is 22.6 Å². The Labute approximate surface area is 127 Å². The summed E-state index contributed by atoms with van der Waals surface area (Å²) < 4.78 is 31.6. The zero-order valence-corrected chi connectivity index (χ0v) is 12.0. The molecule has 0 bridgehead atoms. The fraction of sp³-hybridized carbons (Fsp3) is 0. The lowest BCUT2D eigenvalue weighted by Crippen LogP contribution is -1.89. The molecule has 0 saturated heterocycles. The van der Waals surface area contributed by atoms with Gasteiger partial charge < -0.3 is 15.3 Å². The second kappa shape index (κ2) is 7.46. The molecule has 118 valence electrons. The maximum atomic E-state index is 9.30. The zero-order chi connectivity index (χ0) is 16.8. The number of aromatic hydroxyl groups is 3. The normalized spacial score (nSPS) is 11.0. The van der Waals surface area contributed by atoms with E-state index in [9.17, 15) is 10.2 Å².